The van der Waals surface area contributed by atoms with Crippen LogP contribution in [0.5, 0.6) is 0 Å². The van der Waals surface area contributed by atoms with Crippen LogP contribution in [-0.4, -0.2) is 6.43 Å². The number of hydrogen-bond acceptors (Lipinski definition) is 0. The number of halogens is 2. The number of benzene rings is 1. The zero-order valence-corrected chi connectivity index (χ0v) is 7.72. The van der Waals surface area contributed by atoms with Gasteiger partial charge in [-0.2, -0.15) is 0 Å². The molecule has 0 amide bonds. The van der Waals surface area contributed by atoms with Crippen molar-refractivity contribution in [2.75, 3.05) is 0 Å². The summed E-state index contributed by atoms with van der Waals surface area (Å²) in [5.74, 6) is 0. The van der Waals surface area contributed by atoms with E-state index in [-0.39, 0.29) is 0 Å². The second-order valence-electron chi connectivity index (χ2n) is 3.11. The first kappa shape index (κ1) is 9.90. The van der Waals surface area contributed by atoms with Crippen LogP contribution in [0.25, 0.3) is 6.08 Å². The highest BCUT2D eigenvalue weighted by Crippen LogP contribution is 2.11. The van der Waals surface area contributed by atoms with Gasteiger partial charge in [0.15, 0.2) is 0 Å². The van der Waals surface area contributed by atoms with Crippen molar-refractivity contribution in [2.45, 2.75) is 20.3 Å². The Morgan fingerprint density at radius 1 is 1.08 bits per heavy atom. The first-order chi connectivity index (χ1) is 6.08. The van der Waals surface area contributed by atoms with Gasteiger partial charge in [0.25, 0.3) is 6.43 Å². The third-order valence-corrected chi connectivity index (χ3v) is 1.68. The quantitative estimate of drug-likeness (QED) is 0.655. The van der Waals surface area contributed by atoms with E-state index in [1.807, 2.05) is 32.0 Å². The van der Waals surface area contributed by atoms with Crippen LogP contribution in [-0.2, 0) is 0 Å². The number of aryl methyl sites for hydroxylation is 2. The van der Waals surface area contributed by atoms with E-state index < -0.39 is 6.43 Å². The van der Waals surface area contributed by atoms with E-state index in [1.165, 1.54) is 6.08 Å². The summed E-state index contributed by atoms with van der Waals surface area (Å²) in [7, 11) is 0. The number of hydrogen-bond donors (Lipinski definition) is 0. The summed E-state index contributed by atoms with van der Waals surface area (Å²) in [5, 5.41) is 0. The van der Waals surface area contributed by atoms with Crippen molar-refractivity contribution in [2.24, 2.45) is 0 Å². The molecule has 0 atom stereocenters. The molecule has 0 nitrogen and oxygen atoms in total. The molecule has 1 aromatic carbocycles. The van der Waals surface area contributed by atoms with Gasteiger partial charge in [-0.1, -0.05) is 35.4 Å². The molecule has 0 spiro atoms. The van der Waals surface area contributed by atoms with Gasteiger partial charge >= 0.3 is 0 Å². The van der Waals surface area contributed by atoms with E-state index in [1.54, 1.807) is 0 Å². The van der Waals surface area contributed by atoms with Crippen molar-refractivity contribution in [3.05, 3.63) is 41.0 Å². The molecular formula is C11H12F2. The van der Waals surface area contributed by atoms with Crippen LogP contribution >= 0.6 is 0 Å². The Bertz CT molecular complexity index is 294. The molecule has 2 heteroatoms. The first-order valence-electron chi connectivity index (χ1n) is 4.12. The lowest BCUT2D eigenvalue weighted by atomic mass is 10.1. The van der Waals surface area contributed by atoms with E-state index in [9.17, 15) is 8.78 Å². The van der Waals surface area contributed by atoms with Crippen LogP contribution in [0, 0.1) is 13.8 Å². The molecule has 13 heavy (non-hydrogen) atoms. The molecule has 0 heterocycles. The van der Waals surface area contributed by atoms with Gasteiger partial charge in [-0.05, 0) is 25.5 Å². The monoisotopic (exact) mass is 182 g/mol. The van der Waals surface area contributed by atoms with Crippen LogP contribution in [0.3, 0.4) is 0 Å². The number of allylic oxidation sites excluding steroid dienone is 1. The fraction of sp³-hybridized carbons (Fsp3) is 0.273. The standard InChI is InChI=1S/C11H12F2/c1-8-5-9(2)7-10(6-8)3-4-11(12)13/h3-7,11H,1-2H3/b4-3+. The molecule has 0 aromatic heterocycles. The highest BCUT2D eigenvalue weighted by molar-refractivity contribution is 5.52. The van der Waals surface area contributed by atoms with Gasteiger partial charge in [-0.3, -0.25) is 0 Å². The molecule has 1 rings (SSSR count). The molecule has 0 bridgehead atoms. The van der Waals surface area contributed by atoms with Crippen molar-refractivity contribution in [3.8, 4) is 0 Å². The molecule has 0 fully saturated rings. The average Bonchev–Trinajstić information content (AvgIpc) is 1.99. The molecule has 0 N–H and O–H groups in total. The largest absolute Gasteiger partial charge is 0.257 e. The first-order valence-corrected chi connectivity index (χ1v) is 4.12. The lowest BCUT2D eigenvalue weighted by Gasteiger charge is -1.99. The zero-order valence-electron chi connectivity index (χ0n) is 7.72. The highest BCUT2D eigenvalue weighted by Gasteiger charge is 1.95. The van der Waals surface area contributed by atoms with Gasteiger partial charge in [0.1, 0.15) is 0 Å². The van der Waals surface area contributed by atoms with Crippen LogP contribution in [0.1, 0.15) is 16.7 Å². The summed E-state index contributed by atoms with van der Waals surface area (Å²) < 4.78 is 23.7. The van der Waals surface area contributed by atoms with Crippen molar-refractivity contribution in [1.82, 2.24) is 0 Å². The highest BCUT2D eigenvalue weighted by atomic mass is 19.3. The smallest absolute Gasteiger partial charge is 0.206 e. The van der Waals surface area contributed by atoms with E-state index in [0.29, 0.717) is 0 Å². The maximum atomic E-state index is 11.8. The summed E-state index contributed by atoms with van der Waals surface area (Å²) in [6.07, 6.45) is -0.0281. The van der Waals surface area contributed by atoms with E-state index >= 15 is 0 Å². The topological polar surface area (TPSA) is 0 Å². The van der Waals surface area contributed by atoms with Gasteiger partial charge in [-0.15, -0.1) is 0 Å². The fourth-order valence-corrected chi connectivity index (χ4v) is 1.29. The summed E-state index contributed by atoms with van der Waals surface area (Å²) in [6.45, 7) is 3.90. The van der Waals surface area contributed by atoms with Crippen molar-refractivity contribution in [3.63, 3.8) is 0 Å². The van der Waals surface area contributed by atoms with Crippen LogP contribution in [0.15, 0.2) is 24.3 Å². The maximum absolute atomic E-state index is 11.8. The Morgan fingerprint density at radius 2 is 1.62 bits per heavy atom. The Labute approximate surface area is 76.9 Å². The molecule has 0 aliphatic heterocycles. The molecule has 0 unspecified atom stereocenters. The summed E-state index contributed by atoms with van der Waals surface area (Å²) >= 11 is 0. The van der Waals surface area contributed by atoms with Crippen LogP contribution in [0.2, 0.25) is 0 Å². The molecule has 0 saturated carbocycles. The lowest BCUT2D eigenvalue weighted by Crippen LogP contribution is -1.83. The summed E-state index contributed by atoms with van der Waals surface area (Å²) in [5.41, 5.74) is 3.01. The van der Waals surface area contributed by atoms with Crippen molar-refractivity contribution < 1.29 is 8.78 Å². The van der Waals surface area contributed by atoms with Crippen molar-refractivity contribution in [1.29, 1.82) is 0 Å². The fourth-order valence-electron chi connectivity index (χ4n) is 1.29. The lowest BCUT2D eigenvalue weighted by molar-refractivity contribution is 0.205. The molecule has 70 valence electrons. The Kier molecular flexibility index (Phi) is 3.18. The van der Waals surface area contributed by atoms with E-state index in [4.69, 9.17) is 0 Å². The molecule has 0 saturated heterocycles. The minimum atomic E-state index is -2.37. The predicted octanol–water partition coefficient (Wildman–Crippen LogP) is 3.58. The maximum Gasteiger partial charge on any atom is 0.257 e. The van der Waals surface area contributed by atoms with Crippen LogP contribution < -0.4 is 0 Å². The molecule has 0 radical (unpaired) electrons. The Morgan fingerprint density at radius 3 is 2.08 bits per heavy atom. The molecule has 0 aliphatic rings. The van der Waals surface area contributed by atoms with Gasteiger partial charge in [-0.25, -0.2) is 8.78 Å². The van der Waals surface area contributed by atoms with E-state index in [0.717, 1.165) is 22.8 Å². The molecular weight excluding hydrogens is 170 g/mol. The number of rotatable bonds is 2. The normalized spacial score (nSPS) is 11.5. The van der Waals surface area contributed by atoms with Gasteiger partial charge in [0.2, 0.25) is 0 Å². The third-order valence-electron chi connectivity index (χ3n) is 1.68. The van der Waals surface area contributed by atoms with Gasteiger partial charge in [0.05, 0.1) is 0 Å². The number of alkyl halides is 2. The third kappa shape index (κ3) is 3.36. The van der Waals surface area contributed by atoms with Crippen molar-refractivity contribution >= 4 is 6.08 Å². The van der Waals surface area contributed by atoms with Gasteiger partial charge < -0.3 is 0 Å². The van der Waals surface area contributed by atoms with Gasteiger partial charge in [0, 0.05) is 0 Å². The second kappa shape index (κ2) is 4.17. The predicted molar refractivity (Wildman–Crippen MR) is 51.0 cm³/mol. The summed E-state index contributed by atoms with van der Waals surface area (Å²) in [4.78, 5) is 0. The Balaban J connectivity index is 2.89. The molecule has 0 aliphatic carbocycles. The average molecular weight is 182 g/mol. The van der Waals surface area contributed by atoms with E-state index in [2.05, 4.69) is 0 Å². The SMILES string of the molecule is Cc1cc(C)cc(/C=C/C(F)F)c1. The minimum absolute atomic E-state index is 0.831. The zero-order chi connectivity index (χ0) is 9.84. The molecule has 1 aromatic rings. The summed E-state index contributed by atoms with van der Waals surface area (Å²) in [6, 6.07) is 5.78. The van der Waals surface area contributed by atoms with Crippen LogP contribution in [0.4, 0.5) is 8.78 Å². The second-order valence-corrected chi connectivity index (χ2v) is 3.11. The Hall–Kier alpha value is -1.18. The minimum Gasteiger partial charge on any atom is -0.206 e.